The lowest BCUT2D eigenvalue weighted by molar-refractivity contribution is 0.195. The lowest BCUT2D eigenvalue weighted by atomic mass is 10.9. The van der Waals surface area contributed by atoms with Gasteiger partial charge in [-0.2, -0.15) is 5.53 Å². The first-order valence-corrected chi connectivity index (χ1v) is 1.86. The van der Waals surface area contributed by atoms with Crippen molar-refractivity contribution in [2.45, 2.75) is 0 Å². The Morgan fingerprint density at radius 2 is 1.60 bits per heavy atom. The summed E-state index contributed by atoms with van der Waals surface area (Å²) in [6, 6.07) is -2.34. The van der Waals surface area contributed by atoms with Gasteiger partial charge in [0, 0.05) is 0 Å². The maximum Gasteiger partial charge on any atom is 0.345 e. The first-order chi connectivity index (χ1) is 4.09. The summed E-state index contributed by atoms with van der Waals surface area (Å²) in [5, 5.41) is 2.45. The van der Waals surface area contributed by atoms with Gasteiger partial charge in [-0.1, -0.05) is 5.22 Å². The zero-order valence-electron chi connectivity index (χ0n) is 4.87. The number of urea groups is 2. The summed E-state index contributed by atoms with van der Waals surface area (Å²) in [4.78, 5) is 20.0. The number of rotatable bonds is 1. The second-order valence-corrected chi connectivity index (χ2v) is 1.09. The molecule has 0 saturated heterocycles. The average molecular weight is 149 g/mol. The Kier molecular flexibility index (Phi) is 4.69. The summed E-state index contributed by atoms with van der Waals surface area (Å²) in [6.07, 6.45) is 0. The molecule has 0 bridgehead atoms. The molecule has 0 radical (unpaired) electrons. The van der Waals surface area contributed by atoms with Crippen LogP contribution >= 0.6 is 0 Å². The van der Waals surface area contributed by atoms with Crippen LogP contribution in [0.25, 0.3) is 0 Å². The summed E-state index contributed by atoms with van der Waals surface area (Å²) in [7, 11) is 0. The van der Waals surface area contributed by atoms with Crippen LogP contribution in [0.2, 0.25) is 0 Å². The van der Waals surface area contributed by atoms with E-state index in [1.807, 2.05) is 0 Å². The minimum absolute atomic E-state index is 0. The molecule has 8 heteroatoms. The monoisotopic (exact) mass is 149 g/mol. The number of hydrogen-bond donors (Lipinski definition) is 3. The number of carbonyl (C=O) groups excluding carboxylic acids is 2. The van der Waals surface area contributed by atoms with Crippen LogP contribution in [0.15, 0.2) is 5.22 Å². The number of amides is 4. The van der Waals surface area contributed by atoms with E-state index in [0.717, 1.165) is 0 Å². The molecule has 10 heavy (non-hydrogen) atoms. The van der Waals surface area contributed by atoms with Gasteiger partial charge < -0.3 is 16.9 Å². The molecule has 58 valence electrons. The average Bonchev–Trinajstić information content (AvgIpc) is 1.64. The number of nitrogens with two attached hydrogens (primary N) is 2. The van der Waals surface area contributed by atoms with Crippen LogP contribution in [-0.2, 0) is 0 Å². The molecule has 0 aromatic rings. The Morgan fingerprint density at radius 3 is 1.60 bits per heavy atom. The fourth-order valence-electron chi connectivity index (χ4n) is 0.207. The Morgan fingerprint density at radius 1 is 1.30 bits per heavy atom. The van der Waals surface area contributed by atoms with Gasteiger partial charge in [-0.15, -0.1) is 5.01 Å². The van der Waals surface area contributed by atoms with Crippen molar-refractivity contribution in [2.75, 3.05) is 0 Å². The first-order valence-electron chi connectivity index (χ1n) is 1.86. The van der Waals surface area contributed by atoms with Crippen molar-refractivity contribution in [1.82, 2.24) is 5.01 Å². The highest BCUT2D eigenvalue weighted by atomic mass is 16.2. The fraction of sp³-hybridized carbons (Fsp3) is 0. The largest absolute Gasteiger partial charge is 0.412 e. The molecule has 0 aliphatic heterocycles. The van der Waals surface area contributed by atoms with Crippen LogP contribution in [-0.4, -0.2) is 22.5 Å². The second-order valence-electron chi connectivity index (χ2n) is 1.09. The Labute approximate surface area is 55.6 Å². The van der Waals surface area contributed by atoms with Crippen LogP contribution in [0, 0.1) is 5.53 Å². The van der Waals surface area contributed by atoms with E-state index >= 15 is 0 Å². The van der Waals surface area contributed by atoms with Crippen LogP contribution in [0.5, 0.6) is 0 Å². The van der Waals surface area contributed by atoms with Crippen molar-refractivity contribution in [2.24, 2.45) is 16.7 Å². The zero-order chi connectivity index (χ0) is 7.44. The molecular formula is C2H7N5O3. The van der Waals surface area contributed by atoms with Crippen LogP contribution in [0.1, 0.15) is 0 Å². The first kappa shape index (κ1) is 11.1. The molecule has 0 aromatic carbocycles. The van der Waals surface area contributed by atoms with E-state index in [9.17, 15) is 9.59 Å². The lowest BCUT2D eigenvalue weighted by Gasteiger charge is -2.03. The Balaban J connectivity index is 0. The number of primary amides is 2. The third-order valence-corrected chi connectivity index (χ3v) is 0.518. The van der Waals surface area contributed by atoms with E-state index in [1.165, 1.54) is 0 Å². The van der Waals surface area contributed by atoms with Crippen molar-refractivity contribution in [3.05, 3.63) is 0 Å². The maximum absolute atomic E-state index is 10.0. The van der Waals surface area contributed by atoms with E-state index in [2.05, 4.69) is 16.7 Å². The summed E-state index contributed by atoms with van der Waals surface area (Å²) >= 11 is 0. The predicted octanol–water partition coefficient (Wildman–Crippen LogP) is -1.43. The van der Waals surface area contributed by atoms with Gasteiger partial charge in [-0.3, -0.25) is 0 Å². The van der Waals surface area contributed by atoms with Crippen molar-refractivity contribution in [1.29, 1.82) is 5.53 Å². The van der Waals surface area contributed by atoms with E-state index < -0.39 is 12.1 Å². The maximum atomic E-state index is 10.0. The molecule has 4 amide bonds. The van der Waals surface area contributed by atoms with Gasteiger partial charge in [0.2, 0.25) is 0 Å². The van der Waals surface area contributed by atoms with Crippen LogP contribution in [0.4, 0.5) is 9.59 Å². The topological polar surface area (TPSA) is 157 Å². The predicted molar refractivity (Wildman–Crippen MR) is 29.8 cm³/mol. The van der Waals surface area contributed by atoms with E-state index in [0.29, 0.717) is 0 Å². The molecule has 7 N–H and O–H groups in total. The lowest BCUT2D eigenvalue weighted by Crippen LogP contribution is -2.39. The number of carbonyl (C=O) groups is 2. The molecule has 0 aliphatic rings. The van der Waals surface area contributed by atoms with Gasteiger partial charge in [0.25, 0.3) is 0 Å². The smallest absolute Gasteiger partial charge is 0.345 e. The van der Waals surface area contributed by atoms with Gasteiger partial charge in [0.05, 0.1) is 0 Å². The molecule has 0 rings (SSSR count). The molecular weight excluding hydrogens is 142 g/mol. The van der Waals surface area contributed by atoms with Crippen LogP contribution in [0.3, 0.4) is 0 Å². The minimum atomic E-state index is -1.17. The van der Waals surface area contributed by atoms with E-state index in [-0.39, 0.29) is 10.5 Å². The van der Waals surface area contributed by atoms with Gasteiger partial charge >= 0.3 is 12.1 Å². The molecule has 0 atom stereocenters. The number of nitrogens with one attached hydrogen (secondary N) is 1. The normalized spacial score (nSPS) is 7.20. The van der Waals surface area contributed by atoms with Gasteiger partial charge in [-0.05, 0) is 0 Å². The van der Waals surface area contributed by atoms with Crippen molar-refractivity contribution < 1.29 is 15.1 Å². The zero-order valence-corrected chi connectivity index (χ0v) is 4.87. The van der Waals surface area contributed by atoms with Crippen LogP contribution < -0.4 is 11.5 Å². The molecule has 0 aliphatic carbocycles. The molecule has 0 spiro atoms. The standard InChI is InChI=1S/C2H5N5O2.H2O/c3-1(8)7(6-5)2(4)9;/h5H,(H2,3,8)(H2,4,9);1H2. The van der Waals surface area contributed by atoms with E-state index in [1.54, 1.807) is 0 Å². The number of hydrogen-bond acceptors (Lipinski definition) is 4. The third kappa shape index (κ3) is 2.57. The van der Waals surface area contributed by atoms with E-state index in [4.69, 9.17) is 5.53 Å². The highest BCUT2D eigenvalue weighted by Crippen LogP contribution is 1.84. The van der Waals surface area contributed by atoms with Crippen molar-refractivity contribution in [3.63, 3.8) is 0 Å². The summed E-state index contributed by atoms with van der Waals surface area (Å²) in [5.74, 6) is 0. The molecule has 0 unspecified atom stereocenters. The van der Waals surface area contributed by atoms with Crippen molar-refractivity contribution in [3.8, 4) is 0 Å². The number of nitrogens with zero attached hydrogens (tertiary/aromatic N) is 2. The quantitative estimate of drug-likeness (QED) is 0.308. The molecule has 8 nitrogen and oxygen atoms in total. The minimum Gasteiger partial charge on any atom is -0.412 e. The molecule has 0 saturated carbocycles. The third-order valence-electron chi connectivity index (χ3n) is 0.518. The van der Waals surface area contributed by atoms with Gasteiger partial charge in [-0.25, -0.2) is 9.59 Å². The Bertz CT molecular complexity index is 141. The molecule has 0 fully saturated rings. The summed E-state index contributed by atoms with van der Waals surface area (Å²) in [6.45, 7) is 0. The Hall–Kier alpha value is -1.70. The summed E-state index contributed by atoms with van der Waals surface area (Å²) < 4.78 is 0. The van der Waals surface area contributed by atoms with Gasteiger partial charge in [0.1, 0.15) is 0 Å². The molecule has 0 aromatic heterocycles. The highest BCUT2D eigenvalue weighted by Gasteiger charge is 2.12. The fourth-order valence-corrected chi connectivity index (χ4v) is 0.207. The summed E-state index contributed by atoms with van der Waals surface area (Å²) in [5.41, 5.74) is 15.2. The van der Waals surface area contributed by atoms with Gasteiger partial charge in [0.15, 0.2) is 0 Å². The highest BCUT2D eigenvalue weighted by molar-refractivity contribution is 5.91. The molecule has 0 heterocycles. The number of imide groups is 1. The SMILES string of the molecule is N=NN(C(N)=O)C(N)=O.O. The second kappa shape index (κ2) is 4.21. The van der Waals surface area contributed by atoms with Crippen molar-refractivity contribution >= 4 is 12.1 Å².